The number of nitrogens with zero attached hydrogens (tertiary/aromatic N) is 4. The first-order valence-electron chi connectivity index (χ1n) is 8.06. The van der Waals surface area contributed by atoms with Crippen LogP contribution in [0.25, 0.3) is 0 Å². The van der Waals surface area contributed by atoms with Gasteiger partial charge in [0.05, 0.1) is 28.8 Å². The smallest absolute Gasteiger partial charge is 0.269 e. The van der Waals surface area contributed by atoms with Gasteiger partial charge in [-0.05, 0) is 31.2 Å². The number of imide groups is 1. The number of hydrogen-bond donors (Lipinski definition) is 0. The summed E-state index contributed by atoms with van der Waals surface area (Å²) >= 11 is 0. The van der Waals surface area contributed by atoms with E-state index in [2.05, 4.69) is 10.3 Å². The molecule has 0 saturated carbocycles. The molecule has 3 aromatic rings. The molecule has 0 unspecified atom stereocenters. The molecule has 2 aromatic carbocycles. The molecule has 0 N–H and O–H groups in total. The molecule has 9 heteroatoms. The van der Waals surface area contributed by atoms with Crippen molar-refractivity contribution in [2.24, 2.45) is 0 Å². The second-order valence-corrected chi connectivity index (χ2v) is 7.94. The number of aryl methyl sites for hydroxylation is 1. The molecule has 1 aliphatic heterocycles. The topological polar surface area (TPSA) is 102 Å². The summed E-state index contributed by atoms with van der Waals surface area (Å²) in [7, 11) is -3.89. The highest BCUT2D eigenvalue weighted by atomic mass is 32.2. The van der Waals surface area contributed by atoms with Gasteiger partial charge < -0.3 is 0 Å². The Balaban J connectivity index is 1.60. The third kappa shape index (κ3) is 2.81. The van der Waals surface area contributed by atoms with Gasteiger partial charge >= 0.3 is 0 Å². The van der Waals surface area contributed by atoms with E-state index in [0.717, 1.165) is 14.6 Å². The highest BCUT2D eigenvalue weighted by Gasteiger charge is 2.35. The first kappa shape index (κ1) is 17.1. The summed E-state index contributed by atoms with van der Waals surface area (Å²) in [6.07, 6.45) is 1.21. The van der Waals surface area contributed by atoms with Crippen LogP contribution in [0.1, 0.15) is 32.0 Å². The zero-order valence-electron chi connectivity index (χ0n) is 14.2. The van der Waals surface area contributed by atoms with Crippen LogP contribution < -0.4 is 0 Å². The molecule has 2 amide bonds. The van der Waals surface area contributed by atoms with Crippen LogP contribution in [0.4, 0.5) is 0 Å². The van der Waals surface area contributed by atoms with Crippen LogP contribution in [0.15, 0.2) is 59.6 Å². The summed E-state index contributed by atoms with van der Waals surface area (Å²) in [4.78, 5) is 25.9. The van der Waals surface area contributed by atoms with E-state index in [4.69, 9.17) is 0 Å². The maximum absolute atomic E-state index is 12.6. The van der Waals surface area contributed by atoms with E-state index < -0.39 is 21.8 Å². The van der Waals surface area contributed by atoms with Gasteiger partial charge in [0.25, 0.3) is 21.8 Å². The lowest BCUT2D eigenvalue weighted by atomic mass is 10.1. The predicted molar refractivity (Wildman–Crippen MR) is 94.4 cm³/mol. The van der Waals surface area contributed by atoms with Crippen molar-refractivity contribution in [1.82, 2.24) is 19.3 Å². The van der Waals surface area contributed by atoms with Crippen LogP contribution in [0.3, 0.4) is 0 Å². The molecular weight excluding hydrogens is 368 g/mol. The maximum Gasteiger partial charge on any atom is 0.284 e. The van der Waals surface area contributed by atoms with E-state index >= 15 is 0 Å². The van der Waals surface area contributed by atoms with Gasteiger partial charge in [0, 0.05) is 0 Å². The van der Waals surface area contributed by atoms with Gasteiger partial charge in [-0.2, -0.15) is 8.42 Å². The maximum atomic E-state index is 12.6. The van der Waals surface area contributed by atoms with Gasteiger partial charge in [-0.3, -0.25) is 14.5 Å². The van der Waals surface area contributed by atoms with Gasteiger partial charge in [-0.15, -0.1) is 9.19 Å². The van der Waals surface area contributed by atoms with Crippen molar-refractivity contribution in [3.8, 4) is 0 Å². The largest absolute Gasteiger partial charge is 0.284 e. The minimum Gasteiger partial charge on any atom is -0.269 e. The molecule has 0 bridgehead atoms. The summed E-state index contributed by atoms with van der Waals surface area (Å²) in [6.45, 7) is 1.70. The fraction of sp³-hybridized carbons (Fsp3) is 0.111. The third-order valence-electron chi connectivity index (χ3n) is 4.28. The Morgan fingerprint density at radius 3 is 2.11 bits per heavy atom. The molecule has 27 heavy (non-hydrogen) atoms. The molecule has 0 aliphatic carbocycles. The Hall–Kier alpha value is -3.33. The zero-order chi connectivity index (χ0) is 19.2. The van der Waals surface area contributed by atoms with Crippen LogP contribution >= 0.6 is 0 Å². The molecule has 8 nitrogen and oxygen atoms in total. The first-order chi connectivity index (χ1) is 12.9. The Labute approximate surface area is 155 Å². The molecule has 4 rings (SSSR count). The quantitative estimate of drug-likeness (QED) is 0.636. The summed E-state index contributed by atoms with van der Waals surface area (Å²) in [5.41, 5.74) is 1.77. The van der Waals surface area contributed by atoms with E-state index in [1.54, 1.807) is 36.4 Å². The SMILES string of the molecule is Cc1ccc(S(=O)(=O)n2cc(CN3C(=O)c4ccccc4C3=O)nn2)cc1. The van der Waals surface area contributed by atoms with Crippen LogP contribution in [-0.2, 0) is 16.6 Å². The number of aromatic nitrogens is 3. The van der Waals surface area contributed by atoms with Crippen LogP contribution in [-0.4, -0.2) is 39.5 Å². The van der Waals surface area contributed by atoms with Gasteiger partial charge in [-0.25, -0.2) is 0 Å². The Morgan fingerprint density at radius 2 is 1.52 bits per heavy atom. The van der Waals surface area contributed by atoms with Crippen molar-refractivity contribution in [2.45, 2.75) is 18.4 Å². The lowest BCUT2D eigenvalue weighted by molar-refractivity contribution is 0.0640. The van der Waals surface area contributed by atoms with E-state index in [9.17, 15) is 18.0 Å². The summed E-state index contributed by atoms with van der Waals surface area (Å²) in [5, 5.41) is 7.47. The highest BCUT2D eigenvalue weighted by molar-refractivity contribution is 7.89. The molecule has 0 spiro atoms. The standard InChI is InChI=1S/C18H14N4O4S/c1-12-6-8-14(9-7-12)27(25,26)22-11-13(19-20-22)10-21-17(23)15-4-2-3-5-16(15)18(21)24/h2-9,11H,10H2,1H3. The molecular formula is C18H14N4O4S. The lowest BCUT2D eigenvalue weighted by Gasteiger charge is -2.11. The molecule has 0 atom stereocenters. The summed E-state index contributed by atoms with van der Waals surface area (Å²) in [5.74, 6) is -0.877. The van der Waals surface area contributed by atoms with Crippen molar-refractivity contribution in [3.05, 3.63) is 77.1 Å². The highest BCUT2D eigenvalue weighted by Crippen LogP contribution is 2.24. The summed E-state index contributed by atoms with van der Waals surface area (Å²) < 4.78 is 26.0. The van der Waals surface area contributed by atoms with Gasteiger partial charge in [0.15, 0.2) is 0 Å². The van der Waals surface area contributed by atoms with E-state index in [1.807, 2.05) is 6.92 Å². The molecule has 0 radical (unpaired) electrons. The van der Waals surface area contributed by atoms with Crippen molar-refractivity contribution >= 4 is 21.8 Å². The van der Waals surface area contributed by atoms with E-state index in [1.165, 1.54) is 18.3 Å². The predicted octanol–water partition coefficient (Wildman–Crippen LogP) is 1.62. The van der Waals surface area contributed by atoms with Crippen LogP contribution in [0, 0.1) is 6.92 Å². The number of hydrogen-bond acceptors (Lipinski definition) is 6. The van der Waals surface area contributed by atoms with E-state index in [-0.39, 0.29) is 17.1 Å². The number of carbonyl (C=O) groups is 2. The second kappa shape index (κ2) is 6.13. The molecule has 1 aromatic heterocycles. The Kier molecular flexibility index (Phi) is 3.88. The molecule has 0 fully saturated rings. The average molecular weight is 382 g/mol. The monoisotopic (exact) mass is 382 g/mol. The minimum atomic E-state index is -3.89. The Morgan fingerprint density at radius 1 is 0.926 bits per heavy atom. The number of benzene rings is 2. The van der Waals surface area contributed by atoms with Crippen molar-refractivity contribution < 1.29 is 18.0 Å². The number of fused-ring (bicyclic) bond motifs is 1. The van der Waals surface area contributed by atoms with Crippen molar-refractivity contribution in [2.75, 3.05) is 0 Å². The molecule has 0 saturated heterocycles. The van der Waals surface area contributed by atoms with Crippen LogP contribution in [0.2, 0.25) is 0 Å². The normalized spacial score (nSPS) is 13.9. The molecule has 2 heterocycles. The molecule has 136 valence electrons. The minimum absolute atomic E-state index is 0.0743. The van der Waals surface area contributed by atoms with Gasteiger partial charge in [0.1, 0.15) is 5.69 Å². The average Bonchev–Trinajstić information content (AvgIpc) is 3.23. The van der Waals surface area contributed by atoms with Crippen molar-refractivity contribution in [3.63, 3.8) is 0 Å². The summed E-state index contributed by atoms with van der Waals surface area (Å²) in [6, 6.07) is 12.8. The number of carbonyl (C=O) groups excluding carboxylic acids is 2. The fourth-order valence-corrected chi connectivity index (χ4v) is 3.92. The zero-order valence-corrected chi connectivity index (χ0v) is 15.0. The van der Waals surface area contributed by atoms with Gasteiger partial charge in [0.2, 0.25) is 0 Å². The number of rotatable bonds is 4. The van der Waals surface area contributed by atoms with Gasteiger partial charge in [-0.1, -0.05) is 35.0 Å². The van der Waals surface area contributed by atoms with Crippen molar-refractivity contribution in [1.29, 1.82) is 0 Å². The fourth-order valence-electron chi connectivity index (χ4n) is 2.83. The first-order valence-corrected chi connectivity index (χ1v) is 9.50. The lowest BCUT2D eigenvalue weighted by Crippen LogP contribution is -2.29. The Bertz CT molecular complexity index is 1130. The second-order valence-electron chi connectivity index (χ2n) is 6.14. The van der Waals surface area contributed by atoms with E-state index in [0.29, 0.717) is 11.1 Å². The van der Waals surface area contributed by atoms with Crippen LogP contribution in [0.5, 0.6) is 0 Å². The molecule has 1 aliphatic rings. The third-order valence-corrected chi connectivity index (χ3v) is 5.82. The number of amides is 2.